The van der Waals surface area contributed by atoms with E-state index in [0.717, 1.165) is 4.90 Å². The fraction of sp³-hybridized carbons (Fsp3) is 0.566. The molecule has 1 aliphatic heterocycles. The second-order valence-corrected chi connectivity index (χ2v) is 20.6. The van der Waals surface area contributed by atoms with Gasteiger partial charge in [0.25, 0.3) is 0 Å². The number of benzene rings is 2. The molecule has 1 saturated heterocycles. The molecule has 1 aliphatic rings. The highest BCUT2D eigenvalue weighted by atomic mass is 16.5. The predicted octanol–water partition coefficient (Wildman–Crippen LogP) is 3.47. The fourth-order valence-electron chi connectivity index (χ4n) is 8.83. The zero-order valence-corrected chi connectivity index (χ0v) is 43.7. The van der Waals surface area contributed by atoms with Crippen molar-refractivity contribution >= 4 is 52.3 Å². The lowest BCUT2D eigenvalue weighted by atomic mass is 9.95. The Morgan fingerprint density at radius 2 is 1.17 bits per heavy atom. The van der Waals surface area contributed by atoms with Crippen LogP contribution in [0.1, 0.15) is 105 Å². The number of carbonyl (C=O) groups is 7. The van der Waals surface area contributed by atoms with E-state index in [0.29, 0.717) is 16.5 Å². The molecule has 0 aliphatic carbocycles. The third-order valence-corrected chi connectivity index (χ3v) is 13.4. The topological polar surface area (TPSA) is 241 Å². The quantitative estimate of drug-likeness (QED) is 0.116. The summed E-state index contributed by atoms with van der Waals surface area (Å²) in [7, 11) is 4.14. The predicted molar refractivity (Wildman–Crippen MR) is 271 cm³/mol. The Morgan fingerprint density at radius 3 is 1.72 bits per heavy atom. The molecule has 1 fully saturated rings. The molecule has 2 heterocycles. The summed E-state index contributed by atoms with van der Waals surface area (Å²) in [5, 5.41) is 37.2. The van der Waals surface area contributed by atoms with E-state index in [1.165, 1.54) is 33.0 Å². The summed E-state index contributed by atoms with van der Waals surface area (Å²) in [6.45, 7) is 21.1. The molecule has 18 heteroatoms. The zero-order chi connectivity index (χ0) is 53.2. The second-order valence-electron chi connectivity index (χ2n) is 20.6. The lowest BCUT2D eigenvalue weighted by Crippen LogP contribution is -2.62. The van der Waals surface area contributed by atoms with E-state index < -0.39 is 119 Å². The number of likely N-dealkylation sites (N-methyl/N-ethyl adjacent to an activating group) is 2. The van der Waals surface area contributed by atoms with Gasteiger partial charge in [-0.15, -0.1) is 6.58 Å². The first kappa shape index (κ1) is 57.5. The molecule has 1 aromatic heterocycles. The number of fused-ring (bicyclic) bond motifs is 1. The van der Waals surface area contributed by atoms with Crippen LogP contribution in [-0.2, 0) is 43.8 Å². The lowest BCUT2D eigenvalue weighted by molar-refractivity contribution is -0.146. The number of aliphatic hydroxyl groups excluding tert-OH is 2. The SMILES string of the molecule is C=CC(C)(C)n1cc(C(O)C2NC(=O)C(C(C)C)NC(=O)C(CC(C)C)N(C)C(=O)C(C(C)C)NC(=O)C(C(OC)c3ccccc3)NC(=O)C(C)NC(=O)C(CC(C)CO)N(C)C2=O)c2ccccc21. The molecular weight excluding hydrogens is 909 g/mol. The van der Waals surface area contributed by atoms with Crippen LogP contribution >= 0.6 is 0 Å². The van der Waals surface area contributed by atoms with Crippen LogP contribution in [0.5, 0.6) is 0 Å². The van der Waals surface area contributed by atoms with Gasteiger partial charge in [-0.2, -0.15) is 0 Å². The molecule has 71 heavy (non-hydrogen) atoms. The Labute approximate surface area is 418 Å². The van der Waals surface area contributed by atoms with Crippen LogP contribution in [0.25, 0.3) is 10.9 Å². The molecule has 2 aromatic carbocycles. The highest BCUT2D eigenvalue weighted by molar-refractivity contribution is 5.99. The number of ether oxygens (including phenoxy) is 1. The summed E-state index contributed by atoms with van der Waals surface area (Å²) in [5.41, 5.74) is 0.807. The summed E-state index contributed by atoms with van der Waals surface area (Å²) >= 11 is 0. The molecule has 0 bridgehead atoms. The average Bonchev–Trinajstić information content (AvgIpc) is 3.74. The van der Waals surface area contributed by atoms with Gasteiger partial charge in [0.2, 0.25) is 41.4 Å². The van der Waals surface area contributed by atoms with Gasteiger partial charge in [0.05, 0.1) is 5.54 Å². The van der Waals surface area contributed by atoms with Gasteiger partial charge in [-0.1, -0.05) is 103 Å². The van der Waals surface area contributed by atoms with Crippen molar-refractivity contribution in [1.82, 2.24) is 41.0 Å². The van der Waals surface area contributed by atoms with Crippen LogP contribution in [0.4, 0.5) is 0 Å². The number of para-hydroxylation sites is 1. The number of aromatic nitrogens is 1. The molecule has 0 spiro atoms. The Morgan fingerprint density at radius 1 is 0.676 bits per heavy atom. The van der Waals surface area contributed by atoms with E-state index in [1.807, 2.05) is 44.4 Å². The first-order chi connectivity index (χ1) is 33.3. The van der Waals surface area contributed by atoms with Gasteiger partial charge in [-0.25, -0.2) is 0 Å². The number of allylic oxidation sites excluding steroid dienone is 1. The summed E-state index contributed by atoms with van der Waals surface area (Å²) in [5.74, 6) is -7.31. The number of methoxy groups -OCH3 is 1. The smallest absolute Gasteiger partial charge is 0.248 e. The number of rotatable bonds is 14. The zero-order valence-electron chi connectivity index (χ0n) is 43.7. The second kappa shape index (κ2) is 24.8. The van der Waals surface area contributed by atoms with Gasteiger partial charge in [0, 0.05) is 50.5 Å². The highest BCUT2D eigenvalue weighted by Gasteiger charge is 2.43. The summed E-state index contributed by atoms with van der Waals surface area (Å²) in [4.78, 5) is 105. The molecule has 0 saturated carbocycles. The lowest BCUT2D eigenvalue weighted by Gasteiger charge is -2.36. The molecule has 4 rings (SSSR count). The third-order valence-electron chi connectivity index (χ3n) is 13.4. The van der Waals surface area contributed by atoms with Crippen LogP contribution in [0.2, 0.25) is 0 Å². The van der Waals surface area contributed by atoms with Gasteiger partial charge < -0.3 is 55.9 Å². The van der Waals surface area contributed by atoms with Crippen LogP contribution in [-0.4, -0.2) is 136 Å². The molecular formula is C53H78N8O10. The Bertz CT molecular complexity index is 2370. The normalized spacial score (nSPS) is 24.5. The molecule has 7 amide bonds. The van der Waals surface area contributed by atoms with Crippen LogP contribution in [0.3, 0.4) is 0 Å². The van der Waals surface area contributed by atoms with E-state index in [2.05, 4.69) is 33.2 Å². The maximum atomic E-state index is 15.2. The summed E-state index contributed by atoms with van der Waals surface area (Å²) in [6, 6.07) is 6.20. The number of hydrogen-bond acceptors (Lipinski definition) is 10. The number of aliphatic hydroxyl groups is 2. The van der Waals surface area contributed by atoms with Crippen molar-refractivity contribution in [3.8, 4) is 0 Å². The molecule has 18 nitrogen and oxygen atoms in total. The molecule has 390 valence electrons. The van der Waals surface area contributed by atoms with E-state index in [4.69, 9.17) is 4.74 Å². The summed E-state index contributed by atoms with van der Waals surface area (Å²) in [6.07, 6.45) is 0.607. The molecule has 0 radical (unpaired) electrons. The fourth-order valence-corrected chi connectivity index (χ4v) is 8.83. The Hall–Kier alpha value is -6.11. The molecule has 3 aromatic rings. The summed E-state index contributed by atoms with van der Waals surface area (Å²) < 4.78 is 7.74. The minimum atomic E-state index is -1.78. The maximum Gasteiger partial charge on any atom is 0.248 e. The van der Waals surface area contributed by atoms with Crippen molar-refractivity contribution in [2.45, 2.75) is 142 Å². The van der Waals surface area contributed by atoms with Crippen LogP contribution < -0.4 is 26.6 Å². The third kappa shape index (κ3) is 13.7. The molecule has 10 atom stereocenters. The number of amides is 7. The van der Waals surface area contributed by atoms with Crippen LogP contribution in [0, 0.1) is 23.7 Å². The van der Waals surface area contributed by atoms with Gasteiger partial charge in [-0.05, 0) is 68.9 Å². The highest BCUT2D eigenvalue weighted by Crippen LogP contribution is 2.34. The standard InChI is InChI=1S/C53H78N8O10/c1-15-53(10,11)61-27-36(35-23-19-20-24-37(35)61)44(63)42-52(70)60(13)39(26-32(8)28-62)47(65)54-33(9)46(64)58-43(45(71-14)34-21-17-16-18-22-34)50(68)56-41(31(6)7)51(69)59(12)38(25-29(2)3)48(66)55-40(30(4)5)49(67)57-42/h15-24,27,29-33,38-45,62-63H,1,25-26,28H2,2-14H3,(H,54,65)(H,55,66)(H,56,68)(H,57,67)(H,58,64). The van der Waals surface area contributed by atoms with Crippen LogP contribution in [0.15, 0.2) is 73.4 Å². The number of nitrogens with one attached hydrogen (secondary N) is 5. The van der Waals surface area contributed by atoms with Gasteiger partial charge in [0.15, 0.2) is 0 Å². The van der Waals surface area contributed by atoms with Crippen molar-refractivity contribution in [1.29, 1.82) is 0 Å². The first-order valence-electron chi connectivity index (χ1n) is 24.5. The molecule has 10 unspecified atom stereocenters. The van der Waals surface area contributed by atoms with Crippen molar-refractivity contribution in [2.75, 3.05) is 27.8 Å². The van der Waals surface area contributed by atoms with Gasteiger partial charge in [0.1, 0.15) is 54.5 Å². The first-order valence-corrected chi connectivity index (χ1v) is 24.5. The largest absolute Gasteiger partial charge is 0.396 e. The van der Waals surface area contributed by atoms with E-state index >= 15 is 4.79 Å². The van der Waals surface area contributed by atoms with Crippen molar-refractivity contribution in [2.24, 2.45) is 23.7 Å². The van der Waals surface area contributed by atoms with Crippen molar-refractivity contribution in [3.63, 3.8) is 0 Å². The monoisotopic (exact) mass is 987 g/mol. The van der Waals surface area contributed by atoms with Crippen molar-refractivity contribution < 1.29 is 48.5 Å². The Balaban J connectivity index is 1.97. The molecule has 7 N–H and O–H groups in total. The van der Waals surface area contributed by atoms with E-state index in [1.54, 1.807) is 89.4 Å². The maximum absolute atomic E-state index is 15.2. The average molecular weight is 987 g/mol. The van der Waals surface area contributed by atoms with Crippen molar-refractivity contribution in [3.05, 3.63) is 84.6 Å². The Kier molecular flexibility index (Phi) is 20.1. The van der Waals surface area contributed by atoms with E-state index in [9.17, 15) is 39.0 Å². The van der Waals surface area contributed by atoms with Gasteiger partial charge in [-0.3, -0.25) is 33.6 Å². The van der Waals surface area contributed by atoms with E-state index in [-0.39, 0.29) is 30.9 Å². The number of nitrogens with zero attached hydrogens (tertiary/aromatic N) is 3. The number of carbonyl (C=O) groups excluding carboxylic acids is 7. The number of hydrogen-bond donors (Lipinski definition) is 7. The minimum Gasteiger partial charge on any atom is -0.396 e. The minimum absolute atomic E-state index is 0.118. The van der Waals surface area contributed by atoms with Gasteiger partial charge >= 0.3 is 0 Å².